The highest BCUT2D eigenvalue weighted by atomic mass is 16.2. The molecule has 2 aliphatic heterocycles. The molecule has 1 atom stereocenters. The average Bonchev–Trinajstić information content (AvgIpc) is 3.27. The molecule has 5 rings (SSSR count). The number of pyridine rings is 1. The number of rotatable bonds is 4. The fourth-order valence-electron chi connectivity index (χ4n) is 5.71. The second-order valence-electron chi connectivity index (χ2n) is 9.70. The largest absolute Gasteiger partial charge is 0.334 e. The van der Waals surface area contributed by atoms with Crippen LogP contribution in [0.1, 0.15) is 84.0 Å². The summed E-state index contributed by atoms with van der Waals surface area (Å²) >= 11 is 0. The highest BCUT2D eigenvalue weighted by molar-refractivity contribution is 5.95. The summed E-state index contributed by atoms with van der Waals surface area (Å²) in [5.74, 6) is 1.56. The van der Waals surface area contributed by atoms with Crippen molar-refractivity contribution in [2.24, 2.45) is 5.92 Å². The van der Waals surface area contributed by atoms with Crippen LogP contribution in [-0.4, -0.2) is 50.3 Å². The Hall–Kier alpha value is -2.54. The van der Waals surface area contributed by atoms with Gasteiger partial charge in [0.25, 0.3) is 11.5 Å². The summed E-state index contributed by atoms with van der Waals surface area (Å²) in [5.41, 5.74) is 2.91. The smallest absolute Gasteiger partial charge is 0.256 e. The standard InChI is InChI=1S/C25H33N5O2/c1-17-14-26-11-9-19(17)25(32)30-13-10-21-20(16-30)24(31)28-23(27-21)22-8-5-12-29(22)15-18-6-3-2-4-7-18/h9,11,14,18,22H,2-8,10,12-13,15-16H2,1H3,(H,27,28,31). The van der Waals surface area contributed by atoms with Crippen molar-refractivity contribution in [3.8, 4) is 0 Å². The number of amides is 1. The van der Waals surface area contributed by atoms with Crippen LogP contribution in [0.2, 0.25) is 0 Å². The van der Waals surface area contributed by atoms with Gasteiger partial charge in [0.2, 0.25) is 0 Å². The second-order valence-corrected chi connectivity index (χ2v) is 9.70. The lowest BCUT2D eigenvalue weighted by Gasteiger charge is -2.31. The Morgan fingerprint density at radius 3 is 2.81 bits per heavy atom. The number of hydrogen-bond donors (Lipinski definition) is 1. The summed E-state index contributed by atoms with van der Waals surface area (Å²) in [4.78, 5) is 42.5. The predicted octanol–water partition coefficient (Wildman–Crippen LogP) is 3.39. The highest BCUT2D eigenvalue weighted by Crippen LogP contribution is 2.33. The lowest BCUT2D eigenvalue weighted by Crippen LogP contribution is -2.40. The number of aromatic amines is 1. The SMILES string of the molecule is Cc1cnccc1C(=O)N1CCc2nc(C3CCCN3CC3CCCCC3)[nH]c(=O)c2C1. The van der Waals surface area contributed by atoms with E-state index in [4.69, 9.17) is 4.98 Å². The summed E-state index contributed by atoms with van der Waals surface area (Å²) < 4.78 is 0. The van der Waals surface area contributed by atoms with Crippen molar-refractivity contribution in [3.05, 3.63) is 57.0 Å². The van der Waals surface area contributed by atoms with Gasteiger partial charge in [0.05, 0.1) is 23.8 Å². The number of nitrogens with zero attached hydrogens (tertiary/aromatic N) is 4. The zero-order valence-electron chi connectivity index (χ0n) is 19.0. The topological polar surface area (TPSA) is 82.2 Å². The van der Waals surface area contributed by atoms with Crippen molar-refractivity contribution in [1.29, 1.82) is 0 Å². The molecular weight excluding hydrogens is 402 g/mol. The predicted molar refractivity (Wildman–Crippen MR) is 122 cm³/mol. The van der Waals surface area contributed by atoms with Crippen molar-refractivity contribution in [2.75, 3.05) is 19.6 Å². The first-order valence-electron chi connectivity index (χ1n) is 12.2. The molecule has 0 aromatic carbocycles. The Kier molecular flexibility index (Phi) is 6.09. The van der Waals surface area contributed by atoms with E-state index in [9.17, 15) is 9.59 Å². The van der Waals surface area contributed by atoms with Gasteiger partial charge in [0.1, 0.15) is 5.82 Å². The minimum Gasteiger partial charge on any atom is -0.334 e. The van der Waals surface area contributed by atoms with Gasteiger partial charge in [-0.25, -0.2) is 4.98 Å². The van der Waals surface area contributed by atoms with Crippen LogP contribution in [0.25, 0.3) is 0 Å². The Morgan fingerprint density at radius 1 is 1.16 bits per heavy atom. The minimum absolute atomic E-state index is 0.0477. The summed E-state index contributed by atoms with van der Waals surface area (Å²) in [6.45, 7) is 5.00. The number of hydrogen-bond acceptors (Lipinski definition) is 5. The van der Waals surface area contributed by atoms with Gasteiger partial charge in [-0.2, -0.15) is 0 Å². The van der Waals surface area contributed by atoms with Crippen LogP contribution >= 0.6 is 0 Å². The van der Waals surface area contributed by atoms with Gasteiger partial charge >= 0.3 is 0 Å². The number of fused-ring (bicyclic) bond motifs is 1. The van der Waals surface area contributed by atoms with Crippen LogP contribution in [0.4, 0.5) is 0 Å². The zero-order chi connectivity index (χ0) is 22.1. The molecule has 7 nitrogen and oxygen atoms in total. The number of carbonyl (C=O) groups is 1. The first kappa shape index (κ1) is 21.3. The molecular formula is C25H33N5O2. The molecule has 2 aromatic rings. The minimum atomic E-state index is -0.0848. The number of carbonyl (C=O) groups excluding carboxylic acids is 1. The fraction of sp³-hybridized carbons (Fsp3) is 0.600. The third-order valence-electron chi connectivity index (χ3n) is 7.52. The van der Waals surface area contributed by atoms with Crippen molar-refractivity contribution >= 4 is 5.91 Å². The Bertz CT molecular complexity index is 1040. The molecule has 1 unspecified atom stereocenters. The van der Waals surface area contributed by atoms with E-state index < -0.39 is 0 Å². The highest BCUT2D eigenvalue weighted by Gasteiger charge is 2.32. The maximum Gasteiger partial charge on any atom is 0.256 e. The molecule has 3 aliphatic rings. The van der Waals surface area contributed by atoms with Gasteiger partial charge in [0.15, 0.2) is 0 Å². The molecule has 0 radical (unpaired) electrons. The van der Waals surface area contributed by atoms with Gasteiger partial charge in [-0.05, 0) is 56.7 Å². The summed E-state index contributed by atoms with van der Waals surface area (Å²) in [6.07, 6.45) is 12.9. The van der Waals surface area contributed by atoms with Crippen molar-refractivity contribution in [1.82, 2.24) is 24.8 Å². The van der Waals surface area contributed by atoms with Crippen LogP contribution in [-0.2, 0) is 13.0 Å². The number of H-pyrrole nitrogens is 1. The van der Waals surface area contributed by atoms with E-state index in [1.54, 1.807) is 23.4 Å². The first-order chi connectivity index (χ1) is 15.6. The maximum atomic E-state index is 13.0. The monoisotopic (exact) mass is 435 g/mol. The number of aryl methyl sites for hydroxylation is 1. The Morgan fingerprint density at radius 2 is 2.00 bits per heavy atom. The zero-order valence-corrected chi connectivity index (χ0v) is 19.0. The van der Waals surface area contributed by atoms with E-state index in [1.165, 1.54) is 32.1 Å². The van der Waals surface area contributed by atoms with Gasteiger partial charge < -0.3 is 9.88 Å². The number of nitrogens with one attached hydrogen (secondary N) is 1. The van der Waals surface area contributed by atoms with E-state index in [2.05, 4.69) is 14.9 Å². The van der Waals surface area contributed by atoms with Gasteiger partial charge in [-0.15, -0.1) is 0 Å². The lowest BCUT2D eigenvalue weighted by molar-refractivity contribution is 0.0731. The van der Waals surface area contributed by atoms with E-state index in [-0.39, 0.29) is 17.5 Å². The fourth-order valence-corrected chi connectivity index (χ4v) is 5.71. The van der Waals surface area contributed by atoms with Crippen LogP contribution in [0.5, 0.6) is 0 Å². The molecule has 2 fully saturated rings. The van der Waals surface area contributed by atoms with E-state index in [0.29, 0.717) is 30.6 Å². The van der Waals surface area contributed by atoms with E-state index in [1.807, 2.05) is 6.92 Å². The molecule has 0 bridgehead atoms. The quantitative estimate of drug-likeness (QED) is 0.796. The lowest BCUT2D eigenvalue weighted by atomic mass is 9.89. The summed E-state index contributed by atoms with van der Waals surface area (Å²) in [7, 11) is 0. The number of likely N-dealkylation sites (tertiary alicyclic amines) is 1. The van der Waals surface area contributed by atoms with E-state index >= 15 is 0 Å². The van der Waals surface area contributed by atoms with Crippen LogP contribution in [0.3, 0.4) is 0 Å². The molecule has 170 valence electrons. The Labute approximate surface area is 189 Å². The van der Waals surface area contributed by atoms with Gasteiger partial charge in [-0.3, -0.25) is 19.5 Å². The summed E-state index contributed by atoms with van der Waals surface area (Å²) in [5, 5.41) is 0. The maximum absolute atomic E-state index is 13.0. The number of aromatic nitrogens is 3. The Balaban J connectivity index is 1.33. The molecule has 1 saturated heterocycles. The van der Waals surface area contributed by atoms with Crippen LogP contribution in [0.15, 0.2) is 23.3 Å². The molecule has 4 heterocycles. The molecule has 32 heavy (non-hydrogen) atoms. The van der Waals surface area contributed by atoms with Crippen LogP contribution < -0.4 is 5.56 Å². The summed E-state index contributed by atoms with van der Waals surface area (Å²) in [6, 6.07) is 1.97. The third kappa shape index (κ3) is 4.22. The van der Waals surface area contributed by atoms with Gasteiger partial charge in [-0.1, -0.05) is 19.3 Å². The van der Waals surface area contributed by atoms with Crippen molar-refractivity contribution in [2.45, 2.75) is 70.9 Å². The molecule has 1 amide bonds. The molecule has 2 aromatic heterocycles. The third-order valence-corrected chi connectivity index (χ3v) is 7.52. The van der Waals surface area contributed by atoms with Crippen LogP contribution in [0, 0.1) is 12.8 Å². The molecule has 1 aliphatic carbocycles. The molecule has 0 spiro atoms. The van der Waals surface area contributed by atoms with Crippen molar-refractivity contribution < 1.29 is 4.79 Å². The normalized spacial score (nSPS) is 22.2. The van der Waals surface area contributed by atoms with E-state index in [0.717, 1.165) is 48.9 Å². The molecule has 1 saturated carbocycles. The molecule has 1 N–H and O–H groups in total. The first-order valence-corrected chi connectivity index (χ1v) is 12.2. The van der Waals surface area contributed by atoms with Gasteiger partial charge in [0, 0.05) is 37.5 Å². The van der Waals surface area contributed by atoms with Crippen molar-refractivity contribution in [3.63, 3.8) is 0 Å². The average molecular weight is 436 g/mol. The molecule has 7 heteroatoms. The second kappa shape index (κ2) is 9.14.